The van der Waals surface area contributed by atoms with E-state index in [-0.39, 0.29) is 5.91 Å². The average molecular weight is 388 g/mol. The summed E-state index contributed by atoms with van der Waals surface area (Å²) in [6.07, 6.45) is 3.35. The maximum Gasteiger partial charge on any atom is 0.272 e. The number of benzene rings is 1. The fraction of sp³-hybridized carbons (Fsp3) is 0.250. The maximum absolute atomic E-state index is 12.9. The van der Waals surface area contributed by atoms with E-state index >= 15 is 0 Å². The van der Waals surface area contributed by atoms with Crippen LogP contribution in [0.4, 0.5) is 5.82 Å². The molecule has 0 bridgehead atoms. The van der Waals surface area contributed by atoms with E-state index in [0.29, 0.717) is 31.9 Å². The van der Waals surface area contributed by atoms with Gasteiger partial charge in [-0.25, -0.2) is 9.97 Å². The standard InChI is InChI=1S/C20H20N8O/c1-26-18-15(12-23-26)19(22-13-21-18)27-7-9-28(10-8-27)20(29)17-11-16(24-25-17)14-5-3-2-4-6-14/h2-6,11-13H,7-10H2,1H3,(H,24,25). The number of aromatic nitrogens is 6. The monoisotopic (exact) mass is 388 g/mol. The lowest BCUT2D eigenvalue weighted by molar-refractivity contribution is 0.0740. The van der Waals surface area contributed by atoms with Gasteiger partial charge in [-0.1, -0.05) is 30.3 Å². The molecule has 0 atom stereocenters. The van der Waals surface area contributed by atoms with Crippen molar-refractivity contribution in [2.24, 2.45) is 7.05 Å². The number of carbonyl (C=O) groups is 1. The average Bonchev–Trinajstić information content (AvgIpc) is 3.42. The highest BCUT2D eigenvalue weighted by atomic mass is 16.2. The molecule has 0 aliphatic carbocycles. The molecule has 1 aliphatic heterocycles. The molecular formula is C20H20N8O. The highest BCUT2D eigenvalue weighted by Crippen LogP contribution is 2.24. The van der Waals surface area contributed by atoms with Crippen LogP contribution in [0.25, 0.3) is 22.3 Å². The summed E-state index contributed by atoms with van der Waals surface area (Å²) in [4.78, 5) is 25.7. The van der Waals surface area contributed by atoms with E-state index in [9.17, 15) is 4.79 Å². The molecular weight excluding hydrogens is 368 g/mol. The van der Waals surface area contributed by atoms with Gasteiger partial charge in [0, 0.05) is 38.8 Å². The second-order valence-electron chi connectivity index (χ2n) is 7.01. The van der Waals surface area contributed by atoms with E-state index in [2.05, 4.69) is 30.2 Å². The van der Waals surface area contributed by atoms with Gasteiger partial charge in [0.2, 0.25) is 0 Å². The molecule has 29 heavy (non-hydrogen) atoms. The molecule has 9 nitrogen and oxygen atoms in total. The van der Waals surface area contributed by atoms with Crippen molar-refractivity contribution in [3.05, 3.63) is 54.6 Å². The van der Waals surface area contributed by atoms with Gasteiger partial charge in [-0.15, -0.1) is 0 Å². The Morgan fingerprint density at radius 3 is 2.66 bits per heavy atom. The summed E-state index contributed by atoms with van der Waals surface area (Å²) in [5, 5.41) is 12.4. The Bertz CT molecular complexity index is 1160. The van der Waals surface area contributed by atoms with Crippen molar-refractivity contribution >= 4 is 22.8 Å². The van der Waals surface area contributed by atoms with Gasteiger partial charge >= 0.3 is 0 Å². The quantitative estimate of drug-likeness (QED) is 0.574. The molecule has 0 saturated carbocycles. The molecule has 5 rings (SSSR count). The van der Waals surface area contributed by atoms with Gasteiger partial charge < -0.3 is 9.80 Å². The zero-order valence-electron chi connectivity index (χ0n) is 16.0. The summed E-state index contributed by atoms with van der Waals surface area (Å²) in [6.45, 7) is 2.63. The molecule has 1 aliphatic rings. The molecule has 146 valence electrons. The number of rotatable bonds is 3. The highest BCUT2D eigenvalue weighted by molar-refractivity contribution is 5.93. The van der Waals surface area contributed by atoms with Crippen molar-refractivity contribution in [3.8, 4) is 11.3 Å². The first kappa shape index (κ1) is 17.4. The van der Waals surface area contributed by atoms with Crippen LogP contribution >= 0.6 is 0 Å². The second-order valence-corrected chi connectivity index (χ2v) is 7.01. The van der Waals surface area contributed by atoms with E-state index in [1.807, 2.05) is 48.3 Å². The number of nitrogens with one attached hydrogen (secondary N) is 1. The van der Waals surface area contributed by atoms with Gasteiger partial charge in [0.1, 0.15) is 17.8 Å². The van der Waals surface area contributed by atoms with Gasteiger partial charge in [0.15, 0.2) is 5.65 Å². The van der Waals surface area contributed by atoms with Crippen molar-refractivity contribution in [1.29, 1.82) is 0 Å². The van der Waals surface area contributed by atoms with Crippen molar-refractivity contribution in [1.82, 2.24) is 34.8 Å². The van der Waals surface area contributed by atoms with Crippen LogP contribution in [-0.2, 0) is 7.05 Å². The summed E-state index contributed by atoms with van der Waals surface area (Å²) in [7, 11) is 1.86. The van der Waals surface area contributed by atoms with Crippen LogP contribution in [-0.4, -0.2) is 66.9 Å². The molecule has 0 unspecified atom stereocenters. The largest absolute Gasteiger partial charge is 0.352 e. The number of H-pyrrole nitrogens is 1. The lowest BCUT2D eigenvalue weighted by atomic mass is 10.1. The Hall–Kier alpha value is -3.75. The van der Waals surface area contributed by atoms with Gasteiger partial charge in [-0.3, -0.25) is 14.6 Å². The molecule has 0 radical (unpaired) electrons. The van der Waals surface area contributed by atoms with Crippen LogP contribution in [0.2, 0.25) is 0 Å². The first-order chi connectivity index (χ1) is 14.2. The SMILES string of the molecule is Cn1ncc2c(N3CCN(C(=O)c4cc(-c5ccccc5)n[nH]4)CC3)ncnc21. The first-order valence-electron chi connectivity index (χ1n) is 9.48. The number of piperazine rings is 1. The zero-order valence-corrected chi connectivity index (χ0v) is 16.0. The molecule has 9 heteroatoms. The van der Waals surface area contributed by atoms with Gasteiger partial charge in [0.05, 0.1) is 17.3 Å². The lowest BCUT2D eigenvalue weighted by Gasteiger charge is -2.35. The van der Waals surface area contributed by atoms with E-state index in [1.54, 1.807) is 17.2 Å². The van der Waals surface area contributed by atoms with Crippen molar-refractivity contribution in [2.75, 3.05) is 31.1 Å². The predicted octanol–water partition coefficient (Wildman–Crippen LogP) is 1.72. The fourth-order valence-electron chi connectivity index (χ4n) is 3.68. The summed E-state index contributed by atoms with van der Waals surface area (Å²) in [6, 6.07) is 11.6. The van der Waals surface area contributed by atoms with Crippen molar-refractivity contribution < 1.29 is 4.79 Å². The minimum Gasteiger partial charge on any atom is -0.352 e. The smallest absolute Gasteiger partial charge is 0.272 e. The van der Waals surface area contributed by atoms with Crippen molar-refractivity contribution in [2.45, 2.75) is 0 Å². The van der Waals surface area contributed by atoms with Crippen LogP contribution in [0.15, 0.2) is 48.9 Å². The highest BCUT2D eigenvalue weighted by Gasteiger charge is 2.25. The molecule has 4 heterocycles. The molecule has 4 aromatic rings. The van der Waals surface area contributed by atoms with Gasteiger partial charge in [-0.05, 0) is 6.07 Å². The number of carbonyl (C=O) groups excluding carboxylic acids is 1. The summed E-state index contributed by atoms with van der Waals surface area (Å²) >= 11 is 0. The third kappa shape index (κ3) is 3.10. The van der Waals surface area contributed by atoms with Crippen LogP contribution < -0.4 is 4.90 Å². The third-order valence-electron chi connectivity index (χ3n) is 5.25. The van der Waals surface area contributed by atoms with Gasteiger partial charge in [0.25, 0.3) is 5.91 Å². The van der Waals surface area contributed by atoms with Crippen LogP contribution in [0.1, 0.15) is 10.5 Å². The van der Waals surface area contributed by atoms with Crippen LogP contribution in [0.5, 0.6) is 0 Å². The Labute approximate surface area is 167 Å². The number of anilines is 1. The number of amides is 1. The minimum atomic E-state index is -0.0338. The first-order valence-corrected chi connectivity index (χ1v) is 9.48. The molecule has 1 N–H and O–H groups in total. The Morgan fingerprint density at radius 2 is 1.86 bits per heavy atom. The van der Waals surface area contributed by atoms with E-state index in [1.165, 1.54) is 0 Å². The maximum atomic E-state index is 12.9. The van der Waals surface area contributed by atoms with E-state index < -0.39 is 0 Å². The molecule has 1 saturated heterocycles. The number of nitrogens with zero attached hydrogens (tertiary/aromatic N) is 7. The number of hydrogen-bond donors (Lipinski definition) is 1. The summed E-state index contributed by atoms with van der Waals surface area (Å²) in [5.74, 6) is 0.830. The number of aryl methyl sites for hydroxylation is 1. The van der Waals surface area contributed by atoms with Crippen LogP contribution in [0, 0.1) is 0 Å². The molecule has 3 aromatic heterocycles. The number of hydrogen-bond acceptors (Lipinski definition) is 6. The topological polar surface area (TPSA) is 95.8 Å². The Kier molecular flexibility index (Phi) is 4.19. The van der Waals surface area contributed by atoms with E-state index in [0.717, 1.165) is 28.1 Å². The second kappa shape index (κ2) is 7.01. The zero-order chi connectivity index (χ0) is 19.8. The molecule has 1 aromatic carbocycles. The Morgan fingerprint density at radius 1 is 1.07 bits per heavy atom. The summed E-state index contributed by atoms with van der Waals surface area (Å²) < 4.78 is 1.74. The van der Waals surface area contributed by atoms with Crippen LogP contribution in [0.3, 0.4) is 0 Å². The molecule has 0 spiro atoms. The normalized spacial score (nSPS) is 14.5. The van der Waals surface area contributed by atoms with E-state index in [4.69, 9.17) is 0 Å². The summed E-state index contributed by atoms with van der Waals surface area (Å²) in [5.41, 5.74) is 3.07. The minimum absolute atomic E-state index is 0.0338. The third-order valence-corrected chi connectivity index (χ3v) is 5.25. The number of fused-ring (bicyclic) bond motifs is 1. The lowest BCUT2D eigenvalue weighted by Crippen LogP contribution is -2.49. The van der Waals surface area contributed by atoms with Crippen molar-refractivity contribution in [3.63, 3.8) is 0 Å². The fourth-order valence-corrected chi connectivity index (χ4v) is 3.68. The van der Waals surface area contributed by atoms with Gasteiger partial charge in [-0.2, -0.15) is 10.2 Å². The Balaban J connectivity index is 1.29. The number of aromatic amines is 1. The molecule has 1 fully saturated rings. The predicted molar refractivity (Wildman–Crippen MR) is 108 cm³/mol. The molecule has 1 amide bonds.